The summed E-state index contributed by atoms with van der Waals surface area (Å²) in [6.45, 7) is 0. The number of ether oxygens (including phenoxy) is 1. The molecule has 1 aromatic rings. The van der Waals surface area contributed by atoms with E-state index >= 15 is 0 Å². The first-order valence-corrected chi connectivity index (χ1v) is 11.2. The second-order valence-corrected chi connectivity index (χ2v) is 10.6. The Morgan fingerprint density at radius 3 is 2.46 bits per heavy atom. The molecule has 24 heavy (non-hydrogen) atoms. The minimum Gasteiger partial charge on any atom is -0.469 e. The smallest absolute Gasteiger partial charge is 0.313 e. The van der Waals surface area contributed by atoms with Crippen LogP contribution in [0, 0.1) is 5.92 Å². The number of rotatable bonds is 2. The fourth-order valence-corrected chi connectivity index (χ4v) is 9.44. The number of aliphatic imine (C=N–C) groups is 1. The summed E-state index contributed by atoms with van der Waals surface area (Å²) in [7, 11) is 1.49. The number of carbonyl (C=O) groups excluding carboxylic acids is 1. The van der Waals surface area contributed by atoms with Crippen LogP contribution < -0.4 is 0 Å². The first-order valence-electron chi connectivity index (χ1n) is 8.43. The van der Waals surface area contributed by atoms with Gasteiger partial charge in [-0.25, -0.2) is 4.99 Å². The van der Waals surface area contributed by atoms with Gasteiger partial charge in [0.2, 0.25) is 0 Å². The first kappa shape index (κ1) is 16.9. The van der Waals surface area contributed by atoms with Gasteiger partial charge in [0.15, 0.2) is 4.20 Å². The summed E-state index contributed by atoms with van der Waals surface area (Å²) in [4.78, 5) is 17.6. The molecule has 3 atom stereocenters. The second-order valence-electron chi connectivity index (χ2n) is 6.40. The van der Waals surface area contributed by atoms with Crippen molar-refractivity contribution in [3.05, 3.63) is 35.9 Å². The molecule has 4 rings (SSSR count). The normalized spacial score (nSPS) is 35.4. The molecule has 128 valence electrons. The highest BCUT2D eigenvalue weighted by Crippen LogP contribution is 2.62. The lowest BCUT2D eigenvalue weighted by atomic mass is 10.00. The van der Waals surface area contributed by atoms with E-state index in [2.05, 4.69) is 12.1 Å². The molecule has 2 fully saturated rings. The maximum atomic E-state index is 12.4. The molecule has 1 aromatic carbocycles. The number of esters is 1. The Hall–Kier alpha value is -0.590. The molecule has 0 aromatic heterocycles. The molecule has 6 heteroatoms. The number of carbonyl (C=O) groups is 1. The second kappa shape index (κ2) is 6.96. The molecule has 1 aliphatic carbocycles. The highest BCUT2D eigenvalue weighted by Gasteiger charge is 2.56. The molecule has 3 nitrogen and oxygen atoms in total. The summed E-state index contributed by atoms with van der Waals surface area (Å²) in [5.74, 6) is 0.470. The molecule has 0 amide bonds. The molecule has 1 saturated carbocycles. The SMILES string of the molecule is COC(=O)C1CSC(c2ccccc2)=NC12SC1CCCCC1S2. The van der Waals surface area contributed by atoms with E-state index in [0.29, 0.717) is 10.5 Å². The zero-order valence-corrected chi connectivity index (χ0v) is 16.1. The molecule has 2 aliphatic heterocycles. The van der Waals surface area contributed by atoms with Crippen LogP contribution in [0.15, 0.2) is 35.3 Å². The first-order chi connectivity index (χ1) is 11.7. The van der Waals surface area contributed by atoms with Gasteiger partial charge in [0.05, 0.1) is 7.11 Å². The number of nitrogens with zero attached hydrogens (tertiary/aromatic N) is 1. The molecule has 3 aliphatic rings. The fraction of sp³-hybridized carbons (Fsp3) is 0.556. The standard InChI is InChI=1S/C18H21NO2S3/c1-21-17(20)13-11-22-16(12-7-3-2-4-8-12)19-18(13)23-14-9-5-6-10-15(14)24-18/h2-4,7-8,13-15H,5-6,9-11H2,1H3. The van der Waals surface area contributed by atoms with E-state index in [1.807, 2.05) is 41.7 Å². The van der Waals surface area contributed by atoms with Crippen LogP contribution in [-0.2, 0) is 9.53 Å². The Morgan fingerprint density at radius 2 is 1.83 bits per heavy atom. The predicted molar refractivity (Wildman–Crippen MR) is 105 cm³/mol. The number of methoxy groups -OCH3 is 1. The summed E-state index contributed by atoms with van der Waals surface area (Å²) in [5.41, 5.74) is 1.15. The molecule has 1 saturated heterocycles. The van der Waals surface area contributed by atoms with Gasteiger partial charge in [0.25, 0.3) is 0 Å². The van der Waals surface area contributed by atoms with E-state index in [1.54, 1.807) is 11.8 Å². The van der Waals surface area contributed by atoms with Gasteiger partial charge in [0, 0.05) is 21.8 Å². The van der Waals surface area contributed by atoms with Crippen molar-refractivity contribution in [3.8, 4) is 0 Å². The van der Waals surface area contributed by atoms with Crippen molar-refractivity contribution in [3.63, 3.8) is 0 Å². The van der Waals surface area contributed by atoms with Crippen LogP contribution in [0.25, 0.3) is 0 Å². The molecular weight excluding hydrogens is 358 g/mol. The van der Waals surface area contributed by atoms with E-state index in [1.165, 1.54) is 32.8 Å². The van der Waals surface area contributed by atoms with Gasteiger partial charge < -0.3 is 4.74 Å². The van der Waals surface area contributed by atoms with Gasteiger partial charge >= 0.3 is 5.97 Å². The number of hydrogen-bond acceptors (Lipinski definition) is 6. The molecule has 2 heterocycles. The lowest BCUT2D eigenvalue weighted by Gasteiger charge is -2.35. The maximum absolute atomic E-state index is 12.4. The van der Waals surface area contributed by atoms with E-state index in [9.17, 15) is 4.79 Å². The quantitative estimate of drug-likeness (QED) is 0.712. The summed E-state index contributed by atoms with van der Waals surface area (Å²) >= 11 is 5.54. The van der Waals surface area contributed by atoms with Crippen LogP contribution in [0.5, 0.6) is 0 Å². The van der Waals surface area contributed by atoms with Crippen LogP contribution >= 0.6 is 35.3 Å². The van der Waals surface area contributed by atoms with Crippen molar-refractivity contribution in [2.24, 2.45) is 10.9 Å². The number of fused-ring (bicyclic) bond motifs is 1. The highest BCUT2D eigenvalue weighted by molar-refractivity contribution is 8.22. The summed E-state index contributed by atoms with van der Waals surface area (Å²) in [6, 6.07) is 10.3. The van der Waals surface area contributed by atoms with Crippen molar-refractivity contribution in [2.45, 2.75) is 40.4 Å². The summed E-state index contributed by atoms with van der Waals surface area (Å²) in [5, 5.41) is 2.31. The third-order valence-corrected chi connectivity index (χ3v) is 9.88. The van der Waals surface area contributed by atoms with Crippen molar-refractivity contribution >= 4 is 46.3 Å². The Kier molecular flexibility index (Phi) is 4.89. The molecule has 0 bridgehead atoms. The van der Waals surface area contributed by atoms with Gasteiger partial charge in [-0.3, -0.25) is 4.79 Å². The van der Waals surface area contributed by atoms with E-state index in [0.717, 1.165) is 16.4 Å². The third-order valence-electron chi connectivity index (χ3n) is 4.87. The van der Waals surface area contributed by atoms with Crippen molar-refractivity contribution in [1.82, 2.24) is 0 Å². The third kappa shape index (κ3) is 3.01. The largest absolute Gasteiger partial charge is 0.469 e. The summed E-state index contributed by atoms with van der Waals surface area (Å²) < 4.78 is 4.72. The van der Waals surface area contributed by atoms with Crippen LogP contribution in [0.4, 0.5) is 0 Å². The molecule has 0 N–H and O–H groups in total. The molecular formula is C18H21NO2S3. The topological polar surface area (TPSA) is 38.7 Å². The number of hydrogen-bond donors (Lipinski definition) is 0. The Labute approximate surface area is 155 Å². The maximum Gasteiger partial charge on any atom is 0.313 e. The van der Waals surface area contributed by atoms with Crippen LogP contribution in [0.3, 0.4) is 0 Å². The average molecular weight is 380 g/mol. The Morgan fingerprint density at radius 1 is 1.17 bits per heavy atom. The van der Waals surface area contributed by atoms with Crippen molar-refractivity contribution in [1.29, 1.82) is 0 Å². The van der Waals surface area contributed by atoms with E-state index < -0.39 is 4.20 Å². The monoisotopic (exact) mass is 379 g/mol. The average Bonchev–Trinajstić information content (AvgIpc) is 2.99. The lowest BCUT2D eigenvalue weighted by Crippen LogP contribution is -2.40. The molecule has 1 spiro atoms. The van der Waals surface area contributed by atoms with Gasteiger partial charge in [0.1, 0.15) is 11.0 Å². The highest BCUT2D eigenvalue weighted by atomic mass is 32.2. The minimum atomic E-state index is -0.400. The zero-order valence-electron chi connectivity index (χ0n) is 13.6. The predicted octanol–water partition coefficient (Wildman–Crippen LogP) is 4.41. The Bertz CT molecular complexity index is 635. The van der Waals surface area contributed by atoms with Crippen LogP contribution in [0.1, 0.15) is 31.2 Å². The van der Waals surface area contributed by atoms with Gasteiger partial charge in [-0.15, -0.1) is 35.3 Å². The van der Waals surface area contributed by atoms with Gasteiger partial charge in [-0.05, 0) is 12.8 Å². The molecule has 3 unspecified atom stereocenters. The minimum absolute atomic E-state index is 0.114. The Balaban J connectivity index is 1.71. The lowest BCUT2D eigenvalue weighted by molar-refractivity contribution is -0.144. The fourth-order valence-electron chi connectivity index (χ4n) is 3.62. The summed E-state index contributed by atoms with van der Waals surface area (Å²) in [6.07, 6.45) is 5.11. The number of thioether (sulfide) groups is 3. The van der Waals surface area contributed by atoms with Crippen LogP contribution in [0.2, 0.25) is 0 Å². The van der Waals surface area contributed by atoms with Gasteiger partial charge in [-0.2, -0.15) is 0 Å². The van der Waals surface area contributed by atoms with E-state index in [-0.39, 0.29) is 11.9 Å². The van der Waals surface area contributed by atoms with Crippen molar-refractivity contribution in [2.75, 3.05) is 12.9 Å². The van der Waals surface area contributed by atoms with Crippen LogP contribution in [-0.4, -0.2) is 38.6 Å². The van der Waals surface area contributed by atoms with Gasteiger partial charge in [-0.1, -0.05) is 43.2 Å². The van der Waals surface area contributed by atoms with E-state index in [4.69, 9.17) is 9.73 Å². The molecule has 0 radical (unpaired) electrons. The van der Waals surface area contributed by atoms with Crippen molar-refractivity contribution < 1.29 is 9.53 Å². The zero-order chi connectivity index (χ0) is 16.6. The number of benzene rings is 1.